The number of esters is 1. The number of aromatic nitrogens is 2. The number of aromatic amines is 1. The normalized spacial score (nSPS) is 11.2. The molecule has 0 saturated carbocycles. The molecule has 0 aliphatic carbocycles. The summed E-state index contributed by atoms with van der Waals surface area (Å²) in [7, 11) is 0. The number of benzene rings is 2. The number of hydrogen-bond acceptors (Lipinski definition) is 3. The molecule has 0 aliphatic heterocycles. The Morgan fingerprint density at radius 2 is 2.04 bits per heavy atom. The van der Waals surface area contributed by atoms with E-state index in [9.17, 15) is 13.6 Å². The van der Waals surface area contributed by atoms with E-state index >= 15 is 0 Å². The van der Waals surface area contributed by atoms with Crippen LogP contribution in [0.3, 0.4) is 0 Å². The van der Waals surface area contributed by atoms with Crippen LogP contribution in [0.25, 0.3) is 11.0 Å². The minimum atomic E-state index is -2.70. The molecule has 0 saturated heterocycles. The van der Waals surface area contributed by atoms with E-state index in [1.54, 1.807) is 25.1 Å². The van der Waals surface area contributed by atoms with Gasteiger partial charge in [-0.15, -0.1) is 0 Å². The molecule has 3 aromatic rings. The first-order chi connectivity index (χ1) is 10.9. The molecule has 118 valence electrons. The Balaban J connectivity index is 1.88. The van der Waals surface area contributed by atoms with Gasteiger partial charge in [0.05, 0.1) is 16.6 Å². The Hall–Kier alpha value is -2.47. The number of ether oxygens (including phenoxy) is 1. The van der Waals surface area contributed by atoms with Gasteiger partial charge < -0.3 is 9.72 Å². The predicted octanol–water partition coefficient (Wildman–Crippen LogP) is 4.68. The Labute approximate surface area is 135 Å². The molecule has 0 amide bonds. The summed E-state index contributed by atoms with van der Waals surface area (Å²) in [5.74, 6) is -0.637. The molecule has 0 spiro atoms. The molecule has 1 N–H and O–H groups in total. The molecule has 23 heavy (non-hydrogen) atoms. The van der Waals surface area contributed by atoms with Crippen molar-refractivity contribution >= 4 is 28.6 Å². The number of hydrogen-bond donors (Lipinski definition) is 1. The number of halogens is 3. The molecule has 0 radical (unpaired) electrons. The SMILES string of the molecule is Cc1cc(Cl)ccc1OC(=O)c1ccc2nc(C(F)F)[nH]c2c1. The molecule has 4 nitrogen and oxygen atoms in total. The highest BCUT2D eigenvalue weighted by Gasteiger charge is 2.15. The topological polar surface area (TPSA) is 55.0 Å². The zero-order valence-electron chi connectivity index (χ0n) is 11.9. The van der Waals surface area contributed by atoms with Gasteiger partial charge in [-0.05, 0) is 48.9 Å². The second-order valence-electron chi connectivity index (χ2n) is 4.95. The number of nitrogens with one attached hydrogen (secondary N) is 1. The van der Waals surface area contributed by atoms with E-state index < -0.39 is 18.2 Å². The molecule has 1 aromatic heterocycles. The van der Waals surface area contributed by atoms with Crippen molar-refractivity contribution in [2.45, 2.75) is 13.3 Å². The van der Waals surface area contributed by atoms with Gasteiger partial charge in [-0.2, -0.15) is 0 Å². The van der Waals surface area contributed by atoms with E-state index in [1.807, 2.05) is 0 Å². The van der Waals surface area contributed by atoms with Crippen LogP contribution in [-0.4, -0.2) is 15.9 Å². The maximum absolute atomic E-state index is 12.6. The molecule has 3 rings (SSSR count). The van der Waals surface area contributed by atoms with Gasteiger partial charge in [0.1, 0.15) is 5.75 Å². The van der Waals surface area contributed by atoms with Crippen molar-refractivity contribution in [1.29, 1.82) is 0 Å². The van der Waals surface area contributed by atoms with E-state index in [4.69, 9.17) is 16.3 Å². The Kier molecular flexibility index (Phi) is 4.00. The number of fused-ring (bicyclic) bond motifs is 1. The number of carbonyl (C=O) groups excluding carboxylic acids is 1. The summed E-state index contributed by atoms with van der Waals surface area (Å²) in [5, 5.41) is 0.542. The van der Waals surface area contributed by atoms with Gasteiger partial charge in [0.25, 0.3) is 6.43 Å². The van der Waals surface area contributed by atoms with E-state index in [2.05, 4.69) is 9.97 Å². The van der Waals surface area contributed by atoms with Gasteiger partial charge in [-0.3, -0.25) is 0 Å². The van der Waals surface area contributed by atoms with Crippen LogP contribution >= 0.6 is 11.6 Å². The molecule has 0 unspecified atom stereocenters. The van der Waals surface area contributed by atoms with Crippen LogP contribution in [0.2, 0.25) is 5.02 Å². The predicted molar refractivity (Wildman–Crippen MR) is 82.2 cm³/mol. The van der Waals surface area contributed by atoms with E-state index in [1.165, 1.54) is 18.2 Å². The van der Waals surface area contributed by atoms with E-state index in [-0.39, 0.29) is 5.56 Å². The first kappa shape index (κ1) is 15.4. The fourth-order valence-electron chi connectivity index (χ4n) is 2.15. The number of H-pyrrole nitrogens is 1. The first-order valence-electron chi connectivity index (χ1n) is 6.70. The minimum Gasteiger partial charge on any atom is -0.423 e. The van der Waals surface area contributed by atoms with Crippen LogP contribution in [-0.2, 0) is 0 Å². The number of aryl methyl sites for hydroxylation is 1. The molecular weight excluding hydrogens is 326 g/mol. The molecule has 0 bridgehead atoms. The van der Waals surface area contributed by atoms with Crippen LogP contribution < -0.4 is 4.74 Å². The largest absolute Gasteiger partial charge is 0.423 e. The van der Waals surface area contributed by atoms with Crippen molar-refractivity contribution in [2.75, 3.05) is 0 Å². The van der Waals surface area contributed by atoms with Crippen molar-refractivity contribution in [3.8, 4) is 5.75 Å². The Morgan fingerprint density at radius 1 is 1.26 bits per heavy atom. The van der Waals surface area contributed by atoms with Crippen LogP contribution in [0.1, 0.15) is 28.2 Å². The van der Waals surface area contributed by atoms with Crippen LogP contribution in [0, 0.1) is 6.92 Å². The summed E-state index contributed by atoms with van der Waals surface area (Å²) in [6, 6.07) is 9.29. The monoisotopic (exact) mass is 336 g/mol. The van der Waals surface area contributed by atoms with E-state index in [0.29, 0.717) is 27.4 Å². The van der Waals surface area contributed by atoms with Gasteiger partial charge >= 0.3 is 5.97 Å². The van der Waals surface area contributed by atoms with Gasteiger partial charge in [0.15, 0.2) is 5.82 Å². The van der Waals surface area contributed by atoms with Crippen molar-refractivity contribution in [3.63, 3.8) is 0 Å². The fourth-order valence-corrected chi connectivity index (χ4v) is 2.37. The second kappa shape index (κ2) is 5.96. The summed E-state index contributed by atoms with van der Waals surface area (Å²) in [4.78, 5) is 18.4. The summed E-state index contributed by atoms with van der Waals surface area (Å²) < 4.78 is 30.6. The minimum absolute atomic E-state index is 0.233. The Bertz CT molecular complexity index is 893. The highest BCUT2D eigenvalue weighted by Crippen LogP contribution is 2.24. The summed E-state index contributed by atoms with van der Waals surface area (Å²) in [6.45, 7) is 1.77. The van der Waals surface area contributed by atoms with Crippen molar-refractivity contribution in [1.82, 2.24) is 9.97 Å². The average Bonchev–Trinajstić information content (AvgIpc) is 2.93. The van der Waals surface area contributed by atoms with E-state index in [0.717, 1.165) is 0 Å². The standard InChI is InChI=1S/C16H11ClF2N2O2/c1-8-6-10(17)3-5-13(8)23-16(22)9-2-4-11-12(7-9)21-15(20-11)14(18)19/h2-7,14H,1H3,(H,20,21). The second-order valence-corrected chi connectivity index (χ2v) is 5.39. The van der Waals surface area contributed by atoms with Crippen molar-refractivity contribution in [3.05, 3.63) is 58.4 Å². The lowest BCUT2D eigenvalue weighted by Crippen LogP contribution is -2.09. The summed E-state index contributed by atoms with van der Waals surface area (Å²) in [6.07, 6.45) is -2.70. The number of rotatable bonds is 3. The number of carbonyl (C=O) groups is 1. The van der Waals surface area contributed by atoms with Crippen molar-refractivity contribution < 1.29 is 18.3 Å². The van der Waals surface area contributed by atoms with Crippen LogP contribution in [0.15, 0.2) is 36.4 Å². The molecule has 0 atom stereocenters. The highest BCUT2D eigenvalue weighted by molar-refractivity contribution is 6.30. The quantitative estimate of drug-likeness (QED) is 0.558. The first-order valence-corrected chi connectivity index (χ1v) is 7.08. The van der Waals surface area contributed by atoms with Crippen LogP contribution in [0.5, 0.6) is 5.75 Å². The van der Waals surface area contributed by atoms with Crippen LogP contribution in [0.4, 0.5) is 8.78 Å². The zero-order chi connectivity index (χ0) is 16.6. The third kappa shape index (κ3) is 3.17. The van der Waals surface area contributed by atoms with Gasteiger partial charge in [-0.1, -0.05) is 11.6 Å². The molecule has 2 aromatic carbocycles. The molecule has 0 fully saturated rings. The number of imidazole rings is 1. The molecule has 1 heterocycles. The molecule has 0 aliphatic rings. The molecular formula is C16H11ClF2N2O2. The van der Waals surface area contributed by atoms with Gasteiger partial charge in [-0.25, -0.2) is 18.6 Å². The van der Waals surface area contributed by atoms with Crippen molar-refractivity contribution in [2.24, 2.45) is 0 Å². The van der Waals surface area contributed by atoms with Gasteiger partial charge in [0, 0.05) is 5.02 Å². The zero-order valence-corrected chi connectivity index (χ0v) is 12.7. The molecule has 7 heteroatoms. The third-order valence-electron chi connectivity index (χ3n) is 3.28. The number of nitrogens with zero attached hydrogens (tertiary/aromatic N) is 1. The Morgan fingerprint density at radius 3 is 2.74 bits per heavy atom. The summed E-state index contributed by atoms with van der Waals surface area (Å²) in [5.41, 5.74) is 1.66. The lowest BCUT2D eigenvalue weighted by Gasteiger charge is -2.07. The maximum atomic E-state index is 12.6. The number of alkyl halides is 2. The lowest BCUT2D eigenvalue weighted by atomic mass is 10.2. The summed E-state index contributed by atoms with van der Waals surface area (Å²) >= 11 is 5.85. The average molecular weight is 337 g/mol. The third-order valence-corrected chi connectivity index (χ3v) is 3.52. The highest BCUT2D eigenvalue weighted by atomic mass is 35.5. The smallest absolute Gasteiger partial charge is 0.343 e. The lowest BCUT2D eigenvalue weighted by molar-refractivity contribution is 0.0733. The van der Waals surface area contributed by atoms with Gasteiger partial charge in [0.2, 0.25) is 0 Å². The fraction of sp³-hybridized carbons (Fsp3) is 0.125. The maximum Gasteiger partial charge on any atom is 0.343 e.